The van der Waals surface area contributed by atoms with Crippen LogP contribution in [0.3, 0.4) is 0 Å². The molecule has 5 nitrogen and oxygen atoms in total. The van der Waals surface area contributed by atoms with Crippen LogP contribution in [0.15, 0.2) is 59.5 Å². The van der Waals surface area contributed by atoms with Crippen molar-refractivity contribution >= 4 is 17.7 Å². The van der Waals surface area contributed by atoms with E-state index in [1.54, 1.807) is 48.5 Å². The van der Waals surface area contributed by atoms with Crippen molar-refractivity contribution in [3.63, 3.8) is 0 Å². The molecule has 2 rings (SSSR count). The zero-order chi connectivity index (χ0) is 14.4. The number of carbonyl (C=O) groups excluding carboxylic acids is 1. The fourth-order valence-electron chi connectivity index (χ4n) is 1.54. The molecule has 0 fully saturated rings. The van der Waals surface area contributed by atoms with Crippen LogP contribution in [0.25, 0.3) is 0 Å². The third kappa shape index (κ3) is 4.10. The highest BCUT2D eigenvalue weighted by atomic mass is 32.2. The van der Waals surface area contributed by atoms with E-state index >= 15 is 0 Å². The Bertz CT molecular complexity index is 598. The first-order valence-electron chi connectivity index (χ1n) is 5.78. The van der Waals surface area contributed by atoms with Gasteiger partial charge in [0.05, 0.1) is 4.90 Å². The van der Waals surface area contributed by atoms with Gasteiger partial charge in [0.2, 0.25) is 0 Å². The Morgan fingerprint density at radius 1 is 1.10 bits per heavy atom. The Balaban J connectivity index is 1.91. The summed E-state index contributed by atoms with van der Waals surface area (Å²) in [5.41, 5.74) is 0.591. The minimum Gasteiger partial charge on any atom is -0.485 e. The lowest BCUT2D eigenvalue weighted by atomic mass is 10.1. The van der Waals surface area contributed by atoms with Gasteiger partial charge in [-0.1, -0.05) is 30.3 Å². The lowest BCUT2D eigenvalue weighted by molar-refractivity contribution is -0.284. The first kappa shape index (κ1) is 14.1. The van der Waals surface area contributed by atoms with E-state index in [0.717, 1.165) is 0 Å². The van der Waals surface area contributed by atoms with Crippen LogP contribution in [0, 0.1) is 10.1 Å². The van der Waals surface area contributed by atoms with Gasteiger partial charge >= 0.3 is 0 Å². The second-order valence-electron chi connectivity index (χ2n) is 3.86. The summed E-state index contributed by atoms with van der Waals surface area (Å²) in [6, 6.07) is 15.2. The van der Waals surface area contributed by atoms with Gasteiger partial charge in [-0.05, 0) is 24.3 Å². The number of ether oxygens (including phenoxy) is 1. The molecule has 0 unspecified atom stereocenters. The summed E-state index contributed by atoms with van der Waals surface area (Å²) < 4.78 is 4.88. The Morgan fingerprint density at radius 2 is 1.75 bits per heavy atom. The van der Waals surface area contributed by atoms with Crippen molar-refractivity contribution in [2.75, 3.05) is 6.61 Å². The monoisotopic (exact) mass is 289 g/mol. The molecule has 0 amide bonds. The van der Waals surface area contributed by atoms with Crippen molar-refractivity contribution in [2.45, 2.75) is 4.90 Å². The molecule has 0 spiro atoms. The molecule has 0 aliphatic heterocycles. The summed E-state index contributed by atoms with van der Waals surface area (Å²) in [7, 11) is 0. The van der Waals surface area contributed by atoms with Crippen molar-refractivity contribution in [1.29, 1.82) is 0 Å². The summed E-state index contributed by atoms with van der Waals surface area (Å²) in [5.74, 6) is 0.385. The third-order valence-electron chi connectivity index (χ3n) is 2.47. The number of nitrogens with zero attached hydrogens (tertiary/aromatic N) is 1. The number of carbonyl (C=O) groups is 1. The second kappa shape index (κ2) is 6.72. The number of Topliss-reactive ketones (excluding diaryl/α,β-unsaturated/α-hetero) is 1. The highest BCUT2D eigenvalue weighted by molar-refractivity contribution is 7.93. The topological polar surface area (TPSA) is 69.4 Å². The number of ketones is 1. The molecule has 0 bridgehead atoms. The highest BCUT2D eigenvalue weighted by Crippen LogP contribution is 2.21. The number of hydrogen-bond donors (Lipinski definition) is 0. The molecule has 0 saturated carbocycles. The van der Waals surface area contributed by atoms with Gasteiger partial charge in [0, 0.05) is 5.56 Å². The zero-order valence-corrected chi connectivity index (χ0v) is 11.2. The SMILES string of the molecule is O=C(COc1ccc(S[N+](=O)[O-])cc1)c1ccccc1. The molecule has 0 aliphatic rings. The molecule has 102 valence electrons. The summed E-state index contributed by atoms with van der Waals surface area (Å²) in [4.78, 5) is 22.6. The molecular formula is C14H11NO4S. The van der Waals surface area contributed by atoms with Gasteiger partial charge in [-0.2, -0.15) is 0 Å². The second-order valence-corrected chi connectivity index (χ2v) is 4.82. The van der Waals surface area contributed by atoms with Gasteiger partial charge in [-0.3, -0.25) is 14.9 Å². The number of nitro groups is 1. The molecule has 6 heteroatoms. The first-order chi connectivity index (χ1) is 9.65. The van der Waals surface area contributed by atoms with E-state index in [1.807, 2.05) is 6.07 Å². The van der Waals surface area contributed by atoms with E-state index in [1.165, 1.54) is 0 Å². The summed E-state index contributed by atoms with van der Waals surface area (Å²) in [5, 5.41) is 10.3. The maximum atomic E-state index is 11.8. The summed E-state index contributed by atoms with van der Waals surface area (Å²) >= 11 is 0.528. The predicted molar refractivity (Wildman–Crippen MR) is 75.6 cm³/mol. The van der Waals surface area contributed by atoms with E-state index in [2.05, 4.69) is 0 Å². The average molecular weight is 289 g/mol. The lowest BCUT2D eigenvalue weighted by Crippen LogP contribution is -2.11. The van der Waals surface area contributed by atoms with E-state index < -0.39 is 4.33 Å². The van der Waals surface area contributed by atoms with Gasteiger partial charge < -0.3 is 4.74 Å². The molecule has 0 saturated heterocycles. The van der Waals surface area contributed by atoms with E-state index in [9.17, 15) is 14.9 Å². The largest absolute Gasteiger partial charge is 0.485 e. The van der Waals surface area contributed by atoms with Crippen LogP contribution in [0.1, 0.15) is 10.4 Å². The number of rotatable bonds is 6. The van der Waals surface area contributed by atoms with Crippen molar-refractivity contribution < 1.29 is 13.9 Å². The molecule has 0 N–H and O–H groups in total. The van der Waals surface area contributed by atoms with Crippen LogP contribution in [-0.2, 0) is 0 Å². The number of benzene rings is 2. The van der Waals surface area contributed by atoms with Gasteiger partial charge in [0.15, 0.2) is 12.4 Å². The fraction of sp³-hybridized carbons (Fsp3) is 0.0714. The highest BCUT2D eigenvalue weighted by Gasteiger charge is 2.08. The Morgan fingerprint density at radius 3 is 2.35 bits per heavy atom. The molecule has 2 aromatic rings. The van der Waals surface area contributed by atoms with E-state index in [0.29, 0.717) is 28.2 Å². The predicted octanol–water partition coefficient (Wildman–Crippen LogP) is 3.23. The van der Waals surface area contributed by atoms with Crippen molar-refractivity contribution in [2.24, 2.45) is 0 Å². The molecule has 0 atom stereocenters. The third-order valence-corrected chi connectivity index (χ3v) is 3.10. The zero-order valence-electron chi connectivity index (χ0n) is 10.4. The molecular weight excluding hydrogens is 278 g/mol. The standard InChI is InChI=1S/C14H11NO4S/c16-14(11-4-2-1-3-5-11)10-19-12-6-8-13(9-7-12)20-15(17)18/h1-9H,10H2. The smallest absolute Gasteiger partial charge is 0.265 e. The van der Waals surface area contributed by atoms with Crippen LogP contribution >= 0.6 is 11.9 Å². The Labute approximate surface area is 119 Å². The van der Waals surface area contributed by atoms with Crippen LogP contribution < -0.4 is 4.74 Å². The maximum Gasteiger partial charge on any atom is 0.265 e. The molecule has 0 aromatic heterocycles. The van der Waals surface area contributed by atoms with Gasteiger partial charge in [-0.15, -0.1) is 0 Å². The molecule has 0 heterocycles. The Kier molecular flexibility index (Phi) is 4.73. The van der Waals surface area contributed by atoms with Crippen LogP contribution in [0.5, 0.6) is 5.75 Å². The molecule has 0 aliphatic carbocycles. The van der Waals surface area contributed by atoms with Crippen molar-refractivity contribution in [3.8, 4) is 5.75 Å². The summed E-state index contributed by atoms with van der Waals surface area (Å²) in [6.07, 6.45) is 0. The quantitative estimate of drug-likeness (QED) is 0.353. The van der Waals surface area contributed by atoms with Crippen LogP contribution in [0.2, 0.25) is 0 Å². The molecule has 0 radical (unpaired) electrons. The molecule has 20 heavy (non-hydrogen) atoms. The Hall–Kier alpha value is -2.34. The lowest BCUT2D eigenvalue weighted by Gasteiger charge is -2.05. The van der Waals surface area contributed by atoms with E-state index in [4.69, 9.17) is 4.74 Å². The minimum absolute atomic E-state index is 0.0638. The van der Waals surface area contributed by atoms with Crippen molar-refractivity contribution in [1.82, 2.24) is 0 Å². The normalized spacial score (nSPS) is 10.0. The van der Waals surface area contributed by atoms with Crippen molar-refractivity contribution in [3.05, 3.63) is 70.3 Å². The van der Waals surface area contributed by atoms with Crippen LogP contribution in [0.4, 0.5) is 0 Å². The van der Waals surface area contributed by atoms with Gasteiger partial charge in [0.25, 0.3) is 11.9 Å². The summed E-state index contributed by atoms with van der Waals surface area (Å²) in [6.45, 7) is -0.0638. The van der Waals surface area contributed by atoms with E-state index in [-0.39, 0.29) is 12.4 Å². The number of hydrogen-bond acceptors (Lipinski definition) is 5. The first-order valence-corrected chi connectivity index (χ1v) is 6.56. The fourth-order valence-corrected chi connectivity index (χ4v) is 1.97. The average Bonchev–Trinajstić information content (AvgIpc) is 2.46. The van der Waals surface area contributed by atoms with Gasteiger partial charge in [-0.25, -0.2) is 0 Å². The van der Waals surface area contributed by atoms with Crippen LogP contribution in [-0.4, -0.2) is 16.7 Å². The molecule has 2 aromatic carbocycles. The maximum absolute atomic E-state index is 11.8. The van der Waals surface area contributed by atoms with Gasteiger partial charge in [0.1, 0.15) is 10.1 Å². The minimum atomic E-state index is -0.477.